The summed E-state index contributed by atoms with van der Waals surface area (Å²) in [5, 5.41) is 11.8. The molecule has 1 fully saturated rings. The van der Waals surface area contributed by atoms with E-state index in [1.54, 1.807) is 23.1 Å². The lowest BCUT2D eigenvalue weighted by atomic mass is 10.2. The van der Waals surface area contributed by atoms with Crippen LogP contribution in [0.1, 0.15) is 25.8 Å². The van der Waals surface area contributed by atoms with Crippen molar-refractivity contribution in [1.82, 2.24) is 14.5 Å². The minimum atomic E-state index is -3.74. The SMILES string of the molecule is C[C@@H]1CCN(C(=O)NCc2ccccc2S(=O)(=O)N(C)CCO)C[C@H](C)O1. The van der Waals surface area contributed by atoms with Crippen LogP contribution in [0.4, 0.5) is 4.79 Å². The zero-order valence-corrected chi connectivity index (χ0v) is 16.9. The Balaban J connectivity index is 2.09. The third-order valence-electron chi connectivity index (χ3n) is 4.54. The van der Waals surface area contributed by atoms with Crippen LogP contribution < -0.4 is 5.32 Å². The highest BCUT2D eigenvalue weighted by atomic mass is 32.2. The number of hydrogen-bond acceptors (Lipinski definition) is 5. The second kappa shape index (κ2) is 9.50. The number of aliphatic hydroxyl groups excluding tert-OH is 1. The summed E-state index contributed by atoms with van der Waals surface area (Å²) in [4.78, 5) is 14.4. The first kappa shape index (κ1) is 21.6. The predicted molar refractivity (Wildman–Crippen MR) is 102 cm³/mol. The van der Waals surface area contributed by atoms with Gasteiger partial charge in [0.25, 0.3) is 0 Å². The summed E-state index contributed by atoms with van der Waals surface area (Å²) in [5.41, 5.74) is 0.503. The molecule has 0 radical (unpaired) electrons. The summed E-state index contributed by atoms with van der Waals surface area (Å²) in [7, 11) is -2.32. The van der Waals surface area contributed by atoms with Crippen molar-refractivity contribution in [2.75, 3.05) is 33.3 Å². The zero-order chi connectivity index (χ0) is 20.0. The van der Waals surface area contributed by atoms with Crippen LogP contribution in [0.3, 0.4) is 0 Å². The molecule has 2 N–H and O–H groups in total. The van der Waals surface area contributed by atoms with Crippen molar-refractivity contribution in [2.45, 2.75) is 43.9 Å². The van der Waals surface area contributed by atoms with Crippen LogP contribution in [0.5, 0.6) is 0 Å². The maximum atomic E-state index is 12.7. The minimum absolute atomic E-state index is 0.00682. The van der Waals surface area contributed by atoms with Crippen molar-refractivity contribution in [3.63, 3.8) is 0 Å². The number of hydrogen-bond donors (Lipinski definition) is 2. The monoisotopic (exact) mass is 399 g/mol. The van der Waals surface area contributed by atoms with Gasteiger partial charge in [-0.15, -0.1) is 0 Å². The van der Waals surface area contributed by atoms with Crippen LogP contribution >= 0.6 is 0 Å². The van der Waals surface area contributed by atoms with E-state index in [4.69, 9.17) is 9.84 Å². The Morgan fingerprint density at radius 2 is 2.04 bits per heavy atom. The van der Waals surface area contributed by atoms with Crippen molar-refractivity contribution in [2.24, 2.45) is 0 Å². The molecule has 0 spiro atoms. The van der Waals surface area contributed by atoms with Crippen LogP contribution in [-0.4, -0.2) is 74.3 Å². The van der Waals surface area contributed by atoms with Gasteiger partial charge in [-0.3, -0.25) is 0 Å². The predicted octanol–water partition coefficient (Wildman–Crippen LogP) is 1.01. The van der Waals surface area contributed by atoms with Gasteiger partial charge in [0.1, 0.15) is 0 Å². The summed E-state index contributed by atoms with van der Waals surface area (Å²) < 4.78 is 32.2. The van der Waals surface area contributed by atoms with E-state index in [-0.39, 0.29) is 42.8 Å². The number of benzene rings is 1. The van der Waals surface area contributed by atoms with Gasteiger partial charge >= 0.3 is 6.03 Å². The van der Waals surface area contributed by atoms with Crippen LogP contribution in [0.25, 0.3) is 0 Å². The van der Waals surface area contributed by atoms with E-state index >= 15 is 0 Å². The van der Waals surface area contributed by atoms with Gasteiger partial charge in [0.2, 0.25) is 10.0 Å². The van der Waals surface area contributed by atoms with Crippen molar-refractivity contribution in [3.8, 4) is 0 Å². The largest absolute Gasteiger partial charge is 0.395 e. The van der Waals surface area contributed by atoms with Gasteiger partial charge in [0.05, 0.1) is 23.7 Å². The molecular weight excluding hydrogens is 370 g/mol. The van der Waals surface area contributed by atoms with Crippen LogP contribution in [0.2, 0.25) is 0 Å². The number of sulfonamides is 1. The molecule has 0 saturated carbocycles. The summed E-state index contributed by atoms with van der Waals surface area (Å²) >= 11 is 0. The lowest BCUT2D eigenvalue weighted by Gasteiger charge is -2.23. The highest BCUT2D eigenvalue weighted by molar-refractivity contribution is 7.89. The Labute approximate surface area is 161 Å². The lowest BCUT2D eigenvalue weighted by molar-refractivity contribution is 0.0160. The van der Waals surface area contributed by atoms with Gasteiger partial charge in [-0.2, -0.15) is 4.31 Å². The molecule has 0 aliphatic carbocycles. The minimum Gasteiger partial charge on any atom is -0.395 e. The first-order valence-corrected chi connectivity index (χ1v) is 10.5. The van der Waals surface area contributed by atoms with E-state index in [1.807, 2.05) is 13.8 Å². The first-order chi connectivity index (χ1) is 12.8. The number of likely N-dealkylation sites (N-methyl/N-ethyl adjacent to an activating group) is 1. The summed E-state index contributed by atoms with van der Waals surface area (Å²) in [5.74, 6) is 0. The zero-order valence-electron chi connectivity index (χ0n) is 16.1. The van der Waals surface area contributed by atoms with Gasteiger partial charge in [-0.1, -0.05) is 18.2 Å². The number of amides is 2. The van der Waals surface area contributed by atoms with Crippen molar-refractivity contribution in [3.05, 3.63) is 29.8 Å². The molecular formula is C18H29N3O5S. The Morgan fingerprint density at radius 3 is 2.74 bits per heavy atom. The van der Waals surface area contributed by atoms with Crippen LogP contribution in [0.15, 0.2) is 29.2 Å². The van der Waals surface area contributed by atoms with Crippen LogP contribution in [-0.2, 0) is 21.3 Å². The standard InChI is InChI=1S/C18H29N3O5S/c1-14-8-9-21(13-15(2)26-14)18(23)19-12-16-6-4-5-7-17(16)27(24,25)20(3)10-11-22/h4-7,14-15,22H,8-13H2,1-3H3,(H,19,23)/t14-,15+/m1/s1. The second-order valence-corrected chi connectivity index (χ2v) is 8.82. The van der Waals surface area contributed by atoms with Gasteiger partial charge in [-0.25, -0.2) is 13.2 Å². The number of aliphatic hydroxyl groups is 1. The molecule has 1 aromatic carbocycles. The normalized spacial score (nSPS) is 21.1. The Bertz CT molecular complexity index is 740. The molecule has 152 valence electrons. The number of urea groups is 1. The molecule has 1 aromatic rings. The Hall–Kier alpha value is -1.68. The van der Waals surface area contributed by atoms with E-state index in [2.05, 4.69) is 5.32 Å². The van der Waals surface area contributed by atoms with E-state index < -0.39 is 10.0 Å². The number of ether oxygens (including phenoxy) is 1. The second-order valence-electron chi connectivity index (χ2n) is 6.81. The molecule has 2 amide bonds. The highest BCUT2D eigenvalue weighted by Gasteiger charge is 2.25. The molecule has 1 aliphatic heterocycles. The molecule has 0 unspecified atom stereocenters. The van der Waals surface area contributed by atoms with Gasteiger partial charge in [0, 0.05) is 33.2 Å². The van der Waals surface area contributed by atoms with E-state index in [1.165, 1.54) is 13.1 Å². The van der Waals surface area contributed by atoms with Crippen LogP contribution in [0, 0.1) is 0 Å². The topological polar surface area (TPSA) is 99.2 Å². The van der Waals surface area contributed by atoms with Crippen molar-refractivity contribution < 1.29 is 23.1 Å². The molecule has 2 rings (SSSR count). The Morgan fingerprint density at radius 1 is 1.33 bits per heavy atom. The lowest BCUT2D eigenvalue weighted by Crippen LogP contribution is -2.42. The molecule has 2 atom stereocenters. The molecule has 0 bridgehead atoms. The number of carbonyl (C=O) groups is 1. The fourth-order valence-electron chi connectivity index (χ4n) is 3.04. The summed E-state index contributed by atoms with van der Waals surface area (Å²) in [6.45, 7) is 4.85. The fraction of sp³-hybridized carbons (Fsp3) is 0.611. The van der Waals surface area contributed by atoms with Crippen molar-refractivity contribution in [1.29, 1.82) is 0 Å². The molecule has 27 heavy (non-hydrogen) atoms. The average Bonchev–Trinajstić information content (AvgIpc) is 2.80. The quantitative estimate of drug-likeness (QED) is 0.744. The molecule has 8 nitrogen and oxygen atoms in total. The molecule has 1 saturated heterocycles. The van der Waals surface area contributed by atoms with E-state index in [0.717, 1.165) is 10.7 Å². The van der Waals surface area contributed by atoms with Gasteiger partial charge in [-0.05, 0) is 31.9 Å². The smallest absolute Gasteiger partial charge is 0.317 e. The molecule has 1 aliphatic rings. The number of nitrogens with zero attached hydrogens (tertiary/aromatic N) is 2. The number of nitrogens with one attached hydrogen (secondary N) is 1. The number of carbonyl (C=O) groups excluding carboxylic acids is 1. The maximum Gasteiger partial charge on any atom is 0.317 e. The first-order valence-electron chi connectivity index (χ1n) is 9.09. The Kier molecular flexibility index (Phi) is 7.60. The number of rotatable bonds is 6. The average molecular weight is 400 g/mol. The highest BCUT2D eigenvalue weighted by Crippen LogP contribution is 2.19. The third-order valence-corrected chi connectivity index (χ3v) is 6.50. The van der Waals surface area contributed by atoms with E-state index in [0.29, 0.717) is 18.7 Å². The maximum absolute atomic E-state index is 12.7. The summed E-state index contributed by atoms with van der Waals surface area (Å²) in [6, 6.07) is 6.32. The van der Waals surface area contributed by atoms with Gasteiger partial charge in [0.15, 0.2) is 0 Å². The molecule has 1 heterocycles. The third kappa shape index (κ3) is 5.65. The molecule has 0 aromatic heterocycles. The van der Waals surface area contributed by atoms with Crippen molar-refractivity contribution >= 4 is 16.1 Å². The molecule has 9 heteroatoms. The summed E-state index contributed by atoms with van der Waals surface area (Å²) in [6.07, 6.45) is 0.813. The van der Waals surface area contributed by atoms with Gasteiger partial charge < -0.3 is 20.1 Å². The fourth-order valence-corrected chi connectivity index (χ4v) is 4.42. The van der Waals surface area contributed by atoms with E-state index in [9.17, 15) is 13.2 Å².